The summed E-state index contributed by atoms with van der Waals surface area (Å²) in [5.74, 6) is 0.669. The van der Waals surface area contributed by atoms with Crippen LogP contribution in [-0.4, -0.2) is 47.6 Å². The summed E-state index contributed by atoms with van der Waals surface area (Å²) in [6.45, 7) is 10.00. The second kappa shape index (κ2) is 8.36. The van der Waals surface area contributed by atoms with Crippen molar-refractivity contribution in [2.45, 2.75) is 33.9 Å². The largest absolute Gasteiger partial charge is 0.332 e. The first-order chi connectivity index (χ1) is 14.9. The van der Waals surface area contributed by atoms with Crippen molar-refractivity contribution in [2.24, 2.45) is 7.05 Å². The maximum atomic E-state index is 13.4. The van der Waals surface area contributed by atoms with Gasteiger partial charge < -0.3 is 9.47 Å². The Morgan fingerprint density at radius 1 is 1.10 bits per heavy atom. The van der Waals surface area contributed by atoms with Crippen LogP contribution in [0.4, 0.5) is 0 Å². The molecule has 0 atom stereocenters. The molecule has 3 aromatic heterocycles. The van der Waals surface area contributed by atoms with Gasteiger partial charge in [-0.25, -0.2) is 4.79 Å². The van der Waals surface area contributed by atoms with Crippen molar-refractivity contribution in [3.05, 3.63) is 67.6 Å². The molecule has 0 N–H and O–H groups in total. The third-order valence-electron chi connectivity index (χ3n) is 5.96. The Bertz CT molecular complexity index is 1370. The molecule has 3 heterocycles. The van der Waals surface area contributed by atoms with E-state index in [4.69, 9.17) is 11.6 Å². The van der Waals surface area contributed by atoms with Crippen molar-refractivity contribution in [3.63, 3.8) is 0 Å². The molecule has 0 aliphatic rings. The van der Waals surface area contributed by atoms with E-state index in [1.807, 2.05) is 31.3 Å². The first-order valence-electron chi connectivity index (χ1n) is 10.5. The minimum absolute atomic E-state index is 0.107. The number of rotatable bonds is 7. The molecular weight excluding hydrogens is 416 g/mol. The SMILES string of the molecule is CCN(CC)CCn1c(C)cn2c3c(=O)n(Cc4ccccc4Cl)c(=O)n(C)c3nc12. The van der Waals surface area contributed by atoms with Gasteiger partial charge in [-0.2, -0.15) is 4.98 Å². The number of benzene rings is 1. The van der Waals surface area contributed by atoms with Gasteiger partial charge in [-0.05, 0) is 31.6 Å². The predicted molar refractivity (Wildman–Crippen MR) is 123 cm³/mol. The highest BCUT2D eigenvalue weighted by atomic mass is 35.5. The summed E-state index contributed by atoms with van der Waals surface area (Å²) in [6.07, 6.45) is 1.92. The number of fused-ring (bicyclic) bond motifs is 3. The molecule has 164 valence electrons. The highest BCUT2D eigenvalue weighted by molar-refractivity contribution is 6.31. The highest BCUT2D eigenvalue weighted by Crippen LogP contribution is 2.18. The third kappa shape index (κ3) is 3.59. The van der Waals surface area contributed by atoms with Crippen LogP contribution in [0.15, 0.2) is 40.1 Å². The smallest absolute Gasteiger partial charge is 0.313 e. The van der Waals surface area contributed by atoms with E-state index in [9.17, 15) is 9.59 Å². The summed E-state index contributed by atoms with van der Waals surface area (Å²) in [6, 6.07) is 7.23. The second-order valence-corrected chi connectivity index (χ2v) is 8.13. The number of halogens is 1. The lowest BCUT2D eigenvalue weighted by atomic mass is 10.2. The lowest BCUT2D eigenvalue weighted by Gasteiger charge is -2.18. The molecule has 8 nitrogen and oxygen atoms in total. The van der Waals surface area contributed by atoms with Crippen LogP contribution in [0.3, 0.4) is 0 Å². The molecular formula is C22H27ClN6O2. The number of imidazole rings is 2. The lowest BCUT2D eigenvalue weighted by Crippen LogP contribution is -2.39. The second-order valence-electron chi connectivity index (χ2n) is 7.73. The zero-order chi connectivity index (χ0) is 22.3. The van der Waals surface area contributed by atoms with Gasteiger partial charge in [0.15, 0.2) is 11.2 Å². The van der Waals surface area contributed by atoms with E-state index < -0.39 is 5.69 Å². The minimum Gasteiger partial charge on any atom is -0.313 e. The van der Waals surface area contributed by atoms with Crippen molar-refractivity contribution in [3.8, 4) is 0 Å². The number of likely N-dealkylation sites (N-methyl/N-ethyl adjacent to an activating group) is 1. The Balaban J connectivity index is 1.88. The normalized spacial score (nSPS) is 11.9. The quantitative estimate of drug-likeness (QED) is 0.441. The molecule has 0 spiro atoms. The molecule has 0 aliphatic carbocycles. The van der Waals surface area contributed by atoms with Crippen molar-refractivity contribution < 1.29 is 0 Å². The number of nitrogens with zero attached hydrogens (tertiary/aromatic N) is 6. The van der Waals surface area contributed by atoms with Crippen molar-refractivity contribution in [1.82, 2.24) is 28.0 Å². The zero-order valence-corrected chi connectivity index (χ0v) is 19.1. The van der Waals surface area contributed by atoms with Crippen LogP contribution in [0.1, 0.15) is 25.1 Å². The van der Waals surface area contributed by atoms with E-state index in [2.05, 4.69) is 28.3 Å². The van der Waals surface area contributed by atoms with Gasteiger partial charge in [-0.15, -0.1) is 0 Å². The summed E-state index contributed by atoms with van der Waals surface area (Å²) in [4.78, 5) is 33.4. The standard InChI is InChI=1S/C22H27ClN6O2/c1-5-26(6-2)11-12-27-15(3)13-28-18-19(24-21(27)28)25(4)22(31)29(20(18)30)14-16-9-7-8-10-17(16)23/h7-10,13H,5-6,11-12,14H2,1-4H3. The van der Waals surface area contributed by atoms with Gasteiger partial charge >= 0.3 is 5.69 Å². The van der Waals surface area contributed by atoms with Gasteiger partial charge in [-0.3, -0.25) is 18.3 Å². The first kappa shape index (κ1) is 21.4. The van der Waals surface area contributed by atoms with Crippen LogP contribution >= 0.6 is 11.6 Å². The summed E-state index contributed by atoms with van der Waals surface area (Å²) in [7, 11) is 1.65. The van der Waals surface area contributed by atoms with Crippen LogP contribution in [0.25, 0.3) is 16.9 Å². The molecule has 0 saturated heterocycles. The Morgan fingerprint density at radius 2 is 1.81 bits per heavy atom. The van der Waals surface area contributed by atoms with Gasteiger partial charge in [0.1, 0.15) is 0 Å². The fourth-order valence-electron chi connectivity index (χ4n) is 4.05. The number of hydrogen-bond donors (Lipinski definition) is 0. The summed E-state index contributed by atoms with van der Waals surface area (Å²) in [5.41, 5.74) is 1.74. The first-order valence-corrected chi connectivity index (χ1v) is 10.9. The molecule has 0 saturated carbocycles. The van der Waals surface area contributed by atoms with Crippen molar-refractivity contribution in [1.29, 1.82) is 0 Å². The summed E-state index contributed by atoms with van der Waals surface area (Å²) in [5, 5.41) is 0.522. The molecule has 0 unspecified atom stereocenters. The van der Waals surface area contributed by atoms with Gasteiger partial charge in [0.25, 0.3) is 5.56 Å². The predicted octanol–water partition coefficient (Wildman–Crippen LogP) is 2.50. The van der Waals surface area contributed by atoms with Crippen molar-refractivity contribution in [2.75, 3.05) is 19.6 Å². The molecule has 4 rings (SSSR count). The van der Waals surface area contributed by atoms with Crippen molar-refractivity contribution >= 4 is 28.5 Å². The van der Waals surface area contributed by atoms with E-state index in [-0.39, 0.29) is 12.1 Å². The zero-order valence-electron chi connectivity index (χ0n) is 18.3. The molecule has 0 fully saturated rings. The van der Waals surface area contributed by atoms with E-state index in [0.717, 1.165) is 37.4 Å². The third-order valence-corrected chi connectivity index (χ3v) is 6.33. The monoisotopic (exact) mass is 442 g/mol. The van der Waals surface area contributed by atoms with Gasteiger partial charge in [0.2, 0.25) is 5.78 Å². The van der Waals surface area contributed by atoms with Crippen LogP contribution < -0.4 is 11.2 Å². The Labute approximate surface area is 184 Å². The van der Waals surface area contributed by atoms with Gasteiger partial charge in [0, 0.05) is 37.1 Å². The van der Waals surface area contributed by atoms with E-state index in [0.29, 0.717) is 22.0 Å². The average Bonchev–Trinajstić information content (AvgIpc) is 3.27. The maximum absolute atomic E-state index is 13.4. The molecule has 31 heavy (non-hydrogen) atoms. The Morgan fingerprint density at radius 3 is 2.48 bits per heavy atom. The highest BCUT2D eigenvalue weighted by Gasteiger charge is 2.20. The van der Waals surface area contributed by atoms with Gasteiger partial charge in [0.05, 0.1) is 6.54 Å². The van der Waals surface area contributed by atoms with E-state index in [1.165, 1.54) is 9.13 Å². The van der Waals surface area contributed by atoms with Crippen LogP contribution in [0.5, 0.6) is 0 Å². The maximum Gasteiger partial charge on any atom is 0.332 e. The molecule has 4 aromatic rings. The number of hydrogen-bond acceptors (Lipinski definition) is 4. The summed E-state index contributed by atoms with van der Waals surface area (Å²) < 4.78 is 6.56. The number of aryl methyl sites for hydroxylation is 2. The fraction of sp³-hybridized carbons (Fsp3) is 0.409. The molecule has 0 aliphatic heterocycles. The Hall–Kier alpha value is -2.84. The average molecular weight is 443 g/mol. The van der Waals surface area contributed by atoms with Crippen LogP contribution in [-0.2, 0) is 20.1 Å². The van der Waals surface area contributed by atoms with E-state index >= 15 is 0 Å². The molecule has 0 amide bonds. The van der Waals surface area contributed by atoms with Gasteiger partial charge in [-0.1, -0.05) is 43.6 Å². The minimum atomic E-state index is -0.412. The molecule has 1 aromatic carbocycles. The number of aromatic nitrogens is 5. The Kier molecular flexibility index (Phi) is 5.77. The lowest BCUT2D eigenvalue weighted by molar-refractivity contribution is 0.291. The van der Waals surface area contributed by atoms with E-state index in [1.54, 1.807) is 17.5 Å². The molecule has 0 bridgehead atoms. The van der Waals surface area contributed by atoms with Crippen LogP contribution in [0.2, 0.25) is 5.02 Å². The topological polar surface area (TPSA) is 69.5 Å². The summed E-state index contributed by atoms with van der Waals surface area (Å²) >= 11 is 6.27. The fourth-order valence-corrected chi connectivity index (χ4v) is 4.24. The molecule has 9 heteroatoms. The molecule has 0 radical (unpaired) electrons. The van der Waals surface area contributed by atoms with Crippen LogP contribution in [0, 0.1) is 6.92 Å².